The average Bonchev–Trinajstić information content (AvgIpc) is 2.67. The summed E-state index contributed by atoms with van der Waals surface area (Å²) in [7, 11) is 0. The van der Waals surface area contributed by atoms with Gasteiger partial charge in [0.05, 0.1) is 5.69 Å². The Kier molecular flexibility index (Phi) is 3.07. The number of para-hydroxylation sites is 1. The van der Waals surface area contributed by atoms with Gasteiger partial charge < -0.3 is 0 Å². The molecule has 0 N–H and O–H groups in total. The molecule has 0 radical (unpaired) electrons. The van der Waals surface area contributed by atoms with Crippen molar-refractivity contribution in [1.29, 1.82) is 5.26 Å². The van der Waals surface area contributed by atoms with Crippen LogP contribution in [-0.4, -0.2) is 9.78 Å². The van der Waals surface area contributed by atoms with Crippen molar-refractivity contribution in [3.05, 3.63) is 46.7 Å². The van der Waals surface area contributed by atoms with Crippen LogP contribution in [0.5, 0.6) is 0 Å². The Morgan fingerprint density at radius 1 is 1.29 bits per heavy atom. The quantitative estimate of drug-likeness (QED) is 0.824. The van der Waals surface area contributed by atoms with E-state index in [1.54, 1.807) is 36.4 Å². The van der Waals surface area contributed by atoms with E-state index in [1.165, 1.54) is 0 Å². The lowest BCUT2D eigenvalue weighted by molar-refractivity contribution is 0.145. The molecule has 86 valence electrons. The van der Waals surface area contributed by atoms with Crippen LogP contribution < -0.4 is 0 Å². The van der Waals surface area contributed by atoms with E-state index in [-0.39, 0.29) is 10.7 Å². The fourth-order valence-corrected chi connectivity index (χ4v) is 1.68. The molecule has 0 atom stereocenters. The van der Waals surface area contributed by atoms with E-state index < -0.39 is 12.1 Å². The zero-order valence-electron chi connectivity index (χ0n) is 8.44. The van der Waals surface area contributed by atoms with Gasteiger partial charge in [-0.25, -0.2) is 13.5 Å². The lowest BCUT2D eigenvalue weighted by atomic mass is 10.3. The van der Waals surface area contributed by atoms with Crippen molar-refractivity contribution >= 4 is 11.6 Å². The molecule has 0 spiro atoms. The first kappa shape index (κ1) is 11.6. The first-order chi connectivity index (χ1) is 8.15. The number of aromatic nitrogens is 2. The molecule has 0 aliphatic rings. The molecule has 2 aromatic rings. The van der Waals surface area contributed by atoms with Gasteiger partial charge in [-0.15, -0.1) is 0 Å². The van der Waals surface area contributed by atoms with E-state index in [2.05, 4.69) is 5.10 Å². The highest BCUT2D eigenvalue weighted by atomic mass is 35.5. The van der Waals surface area contributed by atoms with Gasteiger partial charge in [0.15, 0.2) is 5.15 Å². The van der Waals surface area contributed by atoms with Gasteiger partial charge in [-0.3, -0.25) is 0 Å². The summed E-state index contributed by atoms with van der Waals surface area (Å²) >= 11 is 5.85. The van der Waals surface area contributed by atoms with Crippen LogP contribution >= 0.6 is 11.6 Å². The molecule has 0 saturated carbocycles. The van der Waals surface area contributed by atoms with Crippen LogP contribution in [0.15, 0.2) is 30.3 Å². The van der Waals surface area contributed by atoms with Crippen LogP contribution in [0, 0.1) is 11.3 Å². The van der Waals surface area contributed by atoms with Gasteiger partial charge in [0.1, 0.15) is 17.3 Å². The normalized spacial score (nSPS) is 10.5. The Labute approximate surface area is 101 Å². The molecule has 0 aliphatic carbocycles. The summed E-state index contributed by atoms with van der Waals surface area (Å²) in [6.45, 7) is 0. The van der Waals surface area contributed by atoms with Gasteiger partial charge in [-0.2, -0.15) is 10.4 Å². The number of alkyl halides is 2. The van der Waals surface area contributed by atoms with Gasteiger partial charge in [-0.05, 0) is 12.1 Å². The number of nitrogens with zero attached hydrogens (tertiary/aromatic N) is 3. The topological polar surface area (TPSA) is 41.6 Å². The molecule has 3 nitrogen and oxygen atoms in total. The third-order valence-corrected chi connectivity index (χ3v) is 2.52. The third-order valence-electron chi connectivity index (χ3n) is 2.18. The van der Waals surface area contributed by atoms with Crippen LogP contribution in [0.25, 0.3) is 5.69 Å². The first-order valence-corrected chi connectivity index (χ1v) is 5.05. The SMILES string of the molecule is N#Cc1c(C(F)F)nn(-c2ccccc2)c1Cl. The molecule has 0 fully saturated rings. The molecular formula is C11H6ClF2N3. The minimum absolute atomic E-state index is 0.103. The summed E-state index contributed by atoms with van der Waals surface area (Å²) in [6.07, 6.45) is -2.83. The molecule has 1 heterocycles. The number of halogens is 3. The van der Waals surface area contributed by atoms with Crippen LogP contribution in [0.4, 0.5) is 8.78 Å². The summed E-state index contributed by atoms with van der Waals surface area (Å²) in [5.74, 6) is 0. The molecule has 1 aromatic carbocycles. The molecule has 1 aromatic heterocycles. The molecule has 0 unspecified atom stereocenters. The maximum Gasteiger partial charge on any atom is 0.283 e. The van der Waals surface area contributed by atoms with E-state index in [0.29, 0.717) is 5.69 Å². The van der Waals surface area contributed by atoms with Crippen LogP contribution in [0.2, 0.25) is 5.15 Å². The second-order valence-corrected chi connectivity index (χ2v) is 3.57. The highest BCUT2D eigenvalue weighted by Gasteiger charge is 2.23. The Morgan fingerprint density at radius 2 is 1.94 bits per heavy atom. The standard InChI is InChI=1S/C11H6ClF2N3/c12-10-8(6-15)9(11(13)14)16-17(10)7-4-2-1-3-5-7/h1-5,11H. The van der Waals surface area contributed by atoms with Gasteiger partial charge in [-0.1, -0.05) is 29.8 Å². The van der Waals surface area contributed by atoms with Crippen molar-refractivity contribution in [2.75, 3.05) is 0 Å². The first-order valence-electron chi connectivity index (χ1n) is 4.67. The van der Waals surface area contributed by atoms with E-state index in [4.69, 9.17) is 16.9 Å². The van der Waals surface area contributed by atoms with E-state index >= 15 is 0 Å². The summed E-state index contributed by atoms with van der Waals surface area (Å²) in [6, 6.07) is 10.2. The van der Waals surface area contributed by atoms with Crippen molar-refractivity contribution in [1.82, 2.24) is 9.78 Å². The van der Waals surface area contributed by atoms with Gasteiger partial charge >= 0.3 is 0 Å². The lowest BCUT2D eigenvalue weighted by Crippen LogP contribution is -1.97. The van der Waals surface area contributed by atoms with E-state index in [1.807, 2.05) is 0 Å². The molecule has 17 heavy (non-hydrogen) atoms. The van der Waals surface area contributed by atoms with Crippen molar-refractivity contribution in [2.24, 2.45) is 0 Å². The molecule has 6 heteroatoms. The highest BCUT2D eigenvalue weighted by Crippen LogP contribution is 2.29. The largest absolute Gasteiger partial charge is 0.283 e. The lowest BCUT2D eigenvalue weighted by Gasteiger charge is -2.01. The maximum absolute atomic E-state index is 12.6. The minimum Gasteiger partial charge on any atom is -0.220 e. The molecular weight excluding hydrogens is 248 g/mol. The second kappa shape index (κ2) is 4.52. The Balaban J connectivity index is 2.62. The number of hydrogen-bond donors (Lipinski definition) is 0. The predicted molar refractivity (Wildman–Crippen MR) is 58.2 cm³/mol. The monoisotopic (exact) mass is 253 g/mol. The van der Waals surface area contributed by atoms with Crippen molar-refractivity contribution in [3.8, 4) is 11.8 Å². The summed E-state index contributed by atoms with van der Waals surface area (Å²) in [4.78, 5) is 0. The van der Waals surface area contributed by atoms with Crippen molar-refractivity contribution in [3.63, 3.8) is 0 Å². The van der Waals surface area contributed by atoms with Crippen LogP contribution in [0.1, 0.15) is 17.7 Å². The number of benzene rings is 1. The van der Waals surface area contributed by atoms with E-state index in [9.17, 15) is 8.78 Å². The fraction of sp³-hybridized carbons (Fsp3) is 0.0909. The summed E-state index contributed by atoms with van der Waals surface area (Å²) in [5, 5.41) is 12.3. The van der Waals surface area contributed by atoms with Gasteiger partial charge in [0.2, 0.25) is 0 Å². The number of rotatable bonds is 2. The Bertz CT molecular complexity index is 572. The fourth-order valence-electron chi connectivity index (χ4n) is 1.41. The van der Waals surface area contributed by atoms with Gasteiger partial charge in [0, 0.05) is 0 Å². The third kappa shape index (κ3) is 1.99. The van der Waals surface area contributed by atoms with Gasteiger partial charge in [0.25, 0.3) is 6.43 Å². The Morgan fingerprint density at radius 3 is 2.41 bits per heavy atom. The average molecular weight is 254 g/mol. The van der Waals surface area contributed by atoms with E-state index in [0.717, 1.165) is 4.68 Å². The molecule has 0 bridgehead atoms. The zero-order valence-corrected chi connectivity index (χ0v) is 9.20. The number of nitriles is 1. The maximum atomic E-state index is 12.6. The summed E-state index contributed by atoms with van der Waals surface area (Å²) in [5.41, 5.74) is -0.354. The second-order valence-electron chi connectivity index (χ2n) is 3.21. The molecule has 0 saturated heterocycles. The molecule has 0 aliphatic heterocycles. The molecule has 0 amide bonds. The minimum atomic E-state index is -2.83. The highest BCUT2D eigenvalue weighted by molar-refractivity contribution is 6.31. The van der Waals surface area contributed by atoms with Crippen molar-refractivity contribution in [2.45, 2.75) is 6.43 Å². The van der Waals surface area contributed by atoms with Crippen LogP contribution in [0.3, 0.4) is 0 Å². The molecule has 2 rings (SSSR count). The Hall–Kier alpha value is -1.93. The number of hydrogen-bond acceptors (Lipinski definition) is 2. The van der Waals surface area contributed by atoms with Crippen LogP contribution in [-0.2, 0) is 0 Å². The zero-order chi connectivity index (χ0) is 12.4. The van der Waals surface area contributed by atoms with Crippen molar-refractivity contribution < 1.29 is 8.78 Å². The smallest absolute Gasteiger partial charge is 0.220 e. The predicted octanol–water partition coefficient (Wildman–Crippen LogP) is 3.33. The summed E-state index contributed by atoms with van der Waals surface area (Å²) < 4.78 is 26.4.